The molecule has 2 rings (SSSR count). The van der Waals surface area contributed by atoms with E-state index in [1.807, 2.05) is 45.9 Å². The van der Waals surface area contributed by atoms with Crippen molar-refractivity contribution in [3.8, 4) is 0 Å². The molecule has 4 heteroatoms. The van der Waals surface area contributed by atoms with Crippen LogP contribution in [0.1, 0.15) is 46.1 Å². The largest absolute Gasteiger partial charge is 0.460 e. The molecule has 0 spiro atoms. The molecule has 0 aliphatic carbocycles. The van der Waals surface area contributed by atoms with E-state index >= 15 is 0 Å². The van der Waals surface area contributed by atoms with E-state index in [1.54, 1.807) is 0 Å². The molecule has 2 unspecified atom stereocenters. The number of rotatable bonds is 3. The first-order valence-electron chi connectivity index (χ1n) is 7.97. The predicted octanol–water partition coefficient (Wildman–Crippen LogP) is 2.92. The van der Waals surface area contributed by atoms with Crippen LogP contribution in [0.3, 0.4) is 0 Å². The molecule has 1 aliphatic heterocycles. The Labute approximate surface area is 133 Å². The molecule has 0 amide bonds. The number of carbonyl (C=O) groups is 1. The zero-order valence-electron chi connectivity index (χ0n) is 14.1. The maximum absolute atomic E-state index is 12.4. The van der Waals surface area contributed by atoms with Gasteiger partial charge in [-0.15, -0.1) is 0 Å². The van der Waals surface area contributed by atoms with E-state index < -0.39 is 11.0 Å². The molecule has 2 N–H and O–H groups in total. The third-order valence-corrected chi connectivity index (χ3v) is 4.20. The van der Waals surface area contributed by atoms with Crippen LogP contribution in [0.5, 0.6) is 0 Å². The Hall–Kier alpha value is -1.39. The van der Waals surface area contributed by atoms with Crippen molar-refractivity contribution in [2.75, 3.05) is 6.54 Å². The number of benzene rings is 1. The highest BCUT2D eigenvalue weighted by molar-refractivity contribution is 5.77. The van der Waals surface area contributed by atoms with Gasteiger partial charge in [-0.3, -0.25) is 9.69 Å². The first-order valence-corrected chi connectivity index (χ1v) is 7.97. The van der Waals surface area contributed by atoms with Crippen LogP contribution < -0.4 is 5.73 Å². The Morgan fingerprint density at radius 2 is 2.00 bits per heavy atom. The van der Waals surface area contributed by atoms with E-state index in [4.69, 9.17) is 10.5 Å². The van der Waals surface area contributed by atoms with E-state index in [0.717, 1.165) is 19.5 Å². The van der Waals surface area contributed by atoms with E-state index in [-0.39, 0.29) is 12.1 Å². The average Bonchev–Trinajstić information content (AvgIpc) is 2.41. The number of carbonyl (C=O) groups excluding carboxylic acids is 1. The summed E-state index contributed by atoms with van der Waals surface area (Å²) >= 11 is 0. The molecule has 0 radical (unpaired) electrons. The van der Waals surface area contributed by atoms with E-state index in [0.29, 0.717) is 6.42 Å². The van der Waals surface area contributed by atoms with Crippen LogP contribution in [-0.4, -0.2) is 29.2 Å². The lowest BCUT2D eigenvalue weighted by Crippen LogP contribution is -2.53. The van der Waals surface area contributed by atoms with Crippen LogP contribution in [0.4, 0.5) is 0 Å². The lowest BCUT2D eigenvalue weighted by molar-refractivity contribution is -0.171. The van der Waals surface area contributed by atoms with Gasteiger partial charge in [0.05, 0.1) is 11.6 Å². The van der Waals surface area contributed by atoms with Gasteiger partial charge in [-0.2, -0.15) is 0 Å². The highest BCUT2D eigenvalue weighted by Crippen LogP contribution is 2.36. The average molecular weight is 304 g/mol. The summed E-state index contributed by atoms with van der Waals surface area (Å²) < 4.78 is 5.57. The number of nitrogens with zero attached hydrogens (tertiary/aromatic N) is 1. The zero-order valence-corrected chi connectivity index (χ0v) is 14.1. The molecular weight excluding hydrogens is 276 g/mol. The highest BCUT2D eigenvalue weighted by atomic mass is 16.6. The molecule has 4 nitrogen and oxygen atoms in total. The Balaban J connectivity index is 1.98. The summed E-state index contributed by atoms with van der Waals surface area (Å²) in [6, 6.07) is 10.3. The summed E-state index contributed by atoms with van der Waals surface area (Å²) in [4.78, 5) is 14.7. The second-order valence-electron chi connectivity index (χ2n) is 7.54. The van der Waals surface area contributed by atoms with Crippen LogP contribution in [-0.2, 0) is 16.1 Å². The molecular formula is C18H28N2O2. The third-order valence-electron chi connectivity index (χ3n) is 4.20. The standard InChI is InChI=1S/C18H28N2O2/c1-17(2,3)22-16(21)18(4)10-11-20(15(19)12-18)13-14-8-6-5-7-9-14/h5-9,15H,10-13,19H2,1-4H3. The number of nitrogens with two attached hydrogens (primary N) is 1. The summed E-state index contributed by atoms with van der Waals surface area (Å²) in [6.45, 7) is 9.31. The van der Waals surface area contributed by atoms with Crippen molar-refractivity contribution in [2.24, 2.45) is 11.1 Å². The number of ether oxygens (including phenoxy) is 1. The van der Waals surface area contributed by atoms with Gasteiger partial charge in [0.2, 0.25) is 0 Å². The number of likely N-dealkylation sites (tertiary alicyclic amines) is 1. The fourth-order valence-electron chi connectivity index (χ4n) is 2.85. The Morgan fingerprint density at radius 1 is 1.36 bits per heavy atom. The van der Waals surface area contributed by atoms with Gasteiger partial charge in [0.25, 0.3) is 0 Å². The fraction of sp³-hybridized carbons (Fsp3) is 0.611. The van der Waals surface area contributed by atoms with Gasteiger partial charge in [-0.1, -0.05) is 30.3 Å². The topological polar surface area (TPSA) is 55.6 Å². The van der Waals surface area contributed by atoms with Crippen molar-refractivity contribution in [1.82, 2.24) is 4.90 Å². The van der Waals surface area contributed by atoms with Crippen LogP contribution in [0.25, 0.3) is 0 Å². The van der Waals surface area contributed by atoms with Gasteiger partial charge >= 0.3 is 5.97 Å². The summed E-state index contributed by atoms with van der Waals surface area (Å²) in [7, 11) is 0. The molecule has 0 bridgehead atoms. The van der Waals surface area contributed by atoms with Crippen molar-refractivity contribution >= 4 is 5.97 Å². The lowest BCUT2D eigenvalue weighted by atomic mass is 9.78. The van der Waals surface area contributed by atoms with Gasteiger partial charge in [-0.05, 0) is 46.1 Å². The lowest BCUT2D eigenvalue weighted by Gasteiger charge is -2.42. The molecule has 22 heavy (non-hydrogen) atoms. The molecule has 1 aromatic carbocycles. The molecule has 1 aliphatic rings. The Kier molecular flexibility index (Phi) is 4.93. The highest BCUT2D eigenvalue weighted by Gasteiger charge is 2.42. The number of hydrogen-bond acceptors (Lipinski definition) is 4. The number of piperidine rings is 1. The maximum atomic E-state index is 12.4. The van der Waals surface area contributed by atoms with Crippen molar-refractivity contribution in [1.29, 1.82) is 0 Å². The second kappa shape index (κ2) is 6.39. The Bertz CT molecular complexity index is 510. The summed E-state index contributed by atoms with van der Waals surface area (Å²) in [5.74, 6) is -0.130. The smallest absolute Gasteiger partial charge is 0.312 e. The van der Waals surface area contributed by atoms with Crippen LogP contribution in [0.2, 0.25) is 0 Å². The SMILES string of the molecule is CC(C)(C)OC(=O)C1(C)CCN(Cc2ccccc2)C(N)C1. The molecule has 0 saturated carbocycles. The van der Waals surface area contributed by atoms with Gasteiger partial charge in [0, 0.05) is 13.1 Å². The van der Waals surface area contributed by atoms with Gasteiger partial charge < -0.3 is 10.5 Å². The summed E-state index contributed by atoms with van der Waals surface area (Å²) in [6.07, 6.45) is 1.29. The first kappa shape index (κ1) is 17.0. The van der Waals surface area contributed by atoms with Crippen LogP contribution in [0.15, 0.2) is 30.3 Å². The minimum atomic E-state index is -0.486. The van der Waals surface area contributed by atoms with Crippen molar-refractivity contribution in [3.05, 3.63) is 35.9 Å². The van der Waals surface area contributed by atoms with Crippen molar-refractivity contribution in [2.45, 2.75) is 58.8 Å². The van der Waals surface area contributed by atoms with Crippen molar-refractivity contribution < 1.29 is 9.53 Å². The summed E-state index contributed by atoms with van der Waals surface area (Å²) in [5, 5.41) is 0. The van der Waals surface area contributed by atoms with Crippen molar-refractivity contribution in [3.63, 3.8) is 0 Å². The van der Waals surface area contributed by atoms with E-state index in [9.17, 15) is 4.79 Å². The fourth-order valence-corrected chi connectivity index (χ4v) is 2.85. The van der Waals surface area contributed by atoms with Gasteiger partial charge in [0.15, 0.2) is 0 Å². The molecule has 2 atom stereocenters. The second-order valence-corrected chi connectivity index (χ2v) is 7.54. The minimum Gasteiger partial charge on any atom is -0.460 e. The van der Waals surface area contributed by atoms with Gasteiger partial charge in [0.1, 0.15) is 5.60 Å². The quantitative estimate of drug-likeness (QED) is 0.872. The molecule has 1 fully saturated rings. The molecule has 1 heterocycles. The molecule has 1 saturated heterocycles. The molecule has 122 valence electrons. The predicted molar refractivity (Wildman–Crippen MR) is 88.0 cm³/mol. The minimum absolute atomic E-state index is 0.119. The monoisotopic (exact) mass is 304 g/mol. The zero-order chi connectivity index (χ0) is 16.4. The van der Waals surface area contributed by atoms with Crippen LogP contribution in [0, 0.1) is 5.41 Å². The van der Waals surface area contributed by atoms with Gasteiger partial charge in [-0.25, -0.2) is 0 Å². The normalized spacial score (nSPS) is 26.7. The summed E-state index contributed by atoms with van der Waals surface area (Å²) in [5.41, 5.74) is 6.63. The van der Waals surface area contributed by atoms with Crippen LogP contribution >= 0.6 is 0 Å². The van der Waals surface area contributed by atoms with E-state index in [1.165, 1.54) is 5.56 Å². The first-order chi connectivity index (χ1) is 10.2. The molecule has 1 aromatic rings. The number of hydrogen-bond donors (Lipinski definition) is 1. The molecule has 0 aromatic heterocycles. The number of esters is 1. The maximum Gasteiger partial charge on any atom is 0.312 e. The third kappa shape index (κ3) is 4.31. The Morgan fingerprint density at radius 3 is 2.55 bits per heavy atom. The van der Waals surface area contributed by atoms with E-state index in [2.05, 4.69) is 17.0 Å².